The van der Waals surface area contributed by atoms with Crippen molar-refractivity contribution >= 4 is 34.8 Å². The molecule has 1 aliphatic rings. The second kappa shape index (κ2) is 13.5. The summed E-state index contributed by atoms with van der Waals surface area (Å²) in [4.78, 5) is 50.4. The van der Waals surface area contributed by atoms with Gasteiger partial charge in [-0.05, 0) is 36.4 Å². The van der Waals surface area contributed by atoms with Crippen LogP contribution in [0.5, 0.6) is 0 Å². The molecule has 236 valence electrons. The van der Waals surface area contributed by atoms with Gasteiger partial charge in [0.15, 0.2) is 18.4 Å². The zero-order valence-electron chi connectivity index (χ0n) is 25.4. The molecule has 5 aromatic rings. The molecule has 0 radical (unpaired) electrons. The number of fused-ring (bicyclic) bond motifs is 1. The Kier molecular flexibility index (Phi) is 8.90. The van der Waals surface area contributed by atoms with E-state index >= 15 is 0 Å². The highest BCUT2D eigenvalue weighted by atomic mass is 16.7. The van der Waals surface area contributed by atoms with Crippen molar-refractivity contribution in [2.24, 2.45) is 0 Å². The first kappa shape index (κ1) is 30.9. The zero-order valence-corrected chi connectivity index (χ0v) is 25.4. The lowest BCUT2D eigenvalue weighted by atomic mass is 10.1. The summed E-state index contributed by atoms with van der Waals surface area (Å²) in [6.45, 7) is -0.349. The van der Waals surface area contributed by atoms with Crippen LogP contribution in [0, 0.1) is 11.3 Å². The minimum absolute atomic E-state index is 0.248. The lowest BCUT2D eigenvalue weighted by Gasteiger charge is -2.25. The third-order valence-electron chi connectivity index (χ3n) is 7.59. The van der Waals surface area contributed by atoms with Crippen LogP contribution < -0.4 is 4.90 Å². The Balaban J connectivity index is 1.43. The number of nitrogens with zero attached hydrogens (tertiary/aromatic N) is 5. The third kappa shape index (κ3) is 6.38. The minimum atomic E-state index is -1.27. The van der Waals surface area contributed by atoms with Gasteiger partial charge in [-0.25, -0.2) is 24.4 Å². The van der Waals surface area contributed by atoms with Gasteiger partial charge in [-0.2, -0.15) is 5.26 Å². The van der Waals surface area contributed by atoms with E-state index in [-0.39, 0.29) is 23.3 Å². The molecule has 3 heterocycles. The number of esters is 3. The Hall–Kier alpha value is -6.06. The van der Waals surface area contributed by atoms with Gasteiger partial charge in [-0.1, -0.05) is 54.6 Å². The molecule has 0 spiro atoms. The molecule has 0 N–H and O–H groups in total. The molecule has 12 nitrogen and oxygen atoms in total. The molecule has 12 heteroatoms. The maximum Gasteiger partial charge on any atom is 0.338 e. The molecule has 3 aromatic carbocycles. The molecular weight excluding hydrogens is 602 g/mol. The number of hydrogen-bond acceptors (Lipinski definition) is 11. The van der Waals surface area contributed by atoms with Crippen molar-refractivity contribution in [3.8, 4) is 6.07 Å². The number of hydrogen-bond donors (Lipinski definition) is 0. The molecule has 0 unspecified atom stereocenters. The normalized spacial score (nSPS) is 18.7. The molecule has 0 aliphatic carbocycles. The second-order valence-corrected chi connectivity index (χ2v) is 10.9. The van der Waals surface area contributed by atoms with Crippen LogP contribution in [0.15, 0.2) is 104 Å². The minimum Gasteiger partial charge on any atom is -0.459 e. The smallest absolute Gasteiger partial charge is 0.338 e. The van der Waals surface area contributed by atoms with Gasteiger partial charge < -0.3 is 28.4 Å². The average Bonchev–Trinajstić information content (AvgIpc) is 3.65. The first-order chi connectivity index (χ1) is 22.9. The highest BCUT2D eigenvalue weighted by molar-refractivity contribution is 5.94. The number of ether oxygens (including phenoxy) is 4. The molecule has 0 bridgehead atoms. The number of benzene rings is 3. The van der Waals surface area contributed by atoms with Gasteiger partial charge in [0, 0.05) is 20.3 Å². The summed E-state index contributed by atoms with van der Waals surface area (Å²) >= 11 is 0. The van der Waals surface area contributed by atoms with Crippen LogP contribution in [-0.4, -0.2) is 71.5 Å². The van der Waals surface area contributed by atoms with Gasteiger partial charge >= 0.3 is 17.9 Å². The molecule has 1 saturated heterocycles. The fraction of sp³-hybridized carbons (Fsp3) is 0.200. The van der Waals surface area contributed by atoms with Crippen LogP contribution in [0.3, 0.4) is 0 Å². The second-order valence-electron chi connectivity index (χ2n) is 10.9. The van der Waals surface area contributed by atoms with Crippen LogP contribution in [0.1, 0.15) is 42.9 Å². The van der Waals surface area contributed by atoms with Crippen LogP contribution in [0.2, 0.25) is 0 Å². The van der Waals surface area contributed by atoms with Gasteiger partial charge in [0.05, 0.1) is 27.6 Å². The van der Waals surface area contributed by atoms with Crippen molar-refractivity contribution in [2.75, 3.05) is 25.6 Å². The van der Waals surface area contributed by atoms with Gasteiger partial charge in [-0.3, -0.25) is 0 Å². The van der Waals surface area contributed by atoms with E-state index in [4.69, 9.17) is 18.9 Å². The summed E-state index contributed by atoms with van der Waals surface area (Å²) in [6.07, 6.45) is -1.90. The molecule has 47 heavy (non-hydrogen) atoms. The van der Waals surface area contributed by atoms with Crippen molar-refractivity contribution in [3.63, 3.8) is 0 Å². The van der Waals surface area contributed by atoms with Crippen molar-refractivity contribution in [1.82, 2.24) is 14.5 Å². The Morgan fingerprint density at radius 1 is 0.809 bits per heavy atom. The summed E-state index contributed by atoms with van der Waals surface area (Å²) < 4.78 is 25.7. The standard InChI is InChI=1S/C35H29N5O7/c1-39(2)30-27-25(18-36)19-40(31(27)38-21-37-30)32-29(47-35(43)24-16-10-5-11-17-24)28(46-34(42)23-14-8-4-9-15-23)26(45-32)20-44-33(41)22-12-6-3-7-13-22/h3-17,19,21,26,28-29,32H,20H2,1-2H3/t26-,28-,29-,32-/m1/s1. The van der Waals surface area contributed by atoms with Crippen molar-refractivity contribution in [3.05, 3.63) is 126 Å². The van der Waals surface area contributed by atoms with E-state index < -0.39 is 42.4 Å². The topological polar surface area (TPSA) is 146 Å². The SMILES string of the molecule is CN(C)c1ncnc2c1c(C#N)cn2[C@@H]1O[C@H](COC(=O)c2ccccc2)[C@@H](OC(=O)c2ccccc2)[C@H]1OC(=O)c1ccccc1. The predicted molar refractivity (Wildman–Crippen MR) is 168 cm³/mol. The number of aromatic nitrogens is 3. The lowest BCUT2D eigenvalue weighted by molar-refractivity contribution is -0.0604. The van der Waals surface area contributed by atoms with Crippen molar-refractivity contribution < 1.29 is 33.3 Å². The van der Waals surface area contributed by atoms with Crippen LogP contribution >= 0.6 is 0 Å². The van der Waals surface area contributed by atoms with E-state index in [1.165, 1.54) is 12.5 Å². The number of nitriles is 1. The van der Waals surface area contributed by atoms with Crippen LogP contribution in [-0.2, 0) is 18.9 Å². The van der Waals surface area contributed by atoms with E-state index in [0.29, 0.717) is 22.4 Å². The number of anilines is 1. The first-order valence-electron chi connectivity index (χ1n) is 14.7. The molecule has 1 aliphatic heterocycles. The quantitative estimate of drug-likeness (QED) is 0.166. The van der Waals surface area contributed by atoms with E-state index in [2.05, 4.69) is 16.0 Å². The van der Waals surface area contributed by atoms with Gasteiger partial charge in [-0.15, -0.1) is 0 Å². The monoisotopic (exact) mass is 631 g/mol. The van der Waals surface area contributed by atoms with E-state index in [0.717, 1.165) is 0 Å². The first-order valence-corrected chi connectivity index (χ1v) is 14.7. The zero-order chi connectivity index (χ0) is 32.9. The average molecular weight is 632 g/mol. The maximum atomic E-state index is 13.5. The summed E-state index contributed by atoms with van der Waals surface area (Å²) in [5.41, 5.74) is 1.39. The van der Waals surface area contributed by atoms with Gasteiger partial charge in [0.1, 0.15) is 36.6 Å². The third-order valence-corrected chi connectivity index (χ3v) is 7.59. The van der Waals surface area contributed by atoms with Crippen LogP contribution in [0.25, 0.3) is 11.0 Å². The molecule has 0 amide bonds. The summed E-state index contributed by atoms with van der Waals surface area (Å²) in [5.74, 6) is -1.54. The summed E-state index contributed by atoms with van der Waals surface area (Å²) in [6, 6.07) is 27.2. The maximum absolute atomic E-state index is 13.5. The van der Waals surface area contributed by atoms with Crippen LogP contribution in [0.4, 0.5) is 5.82 Å². The molecule has 0 saturated carbocycles. The fourth-order valence-corrected chi connectivity index (χ4v) is 5.37. The molecule has 4 atom stereocenters. The molecule has 1 fully saturated rings. The van der Waals surface area contributed by atoms with Gasteiger partial charge in [0.25, 0.3) is 0 Å². The molecular formula is C35H29N5O7. The fourth-order valence-electron chi connectivity index (χ4n) is 5.37. The Morgan fingerprint density at radius 2 is 1.34 bits per heavy atom. The largest absolute Gasteiger partial charge is 0.459 e. The Bertz CT molecular complexity index is 1940. The summed E-state index contributed by atoms with van der Waals surface area (Å²) in [7, 11) is 3.57. The van der Waals surface area contributed by atoms with Gasteiger partial charge in [0.2, 0.25) is 0 Å². The predicted octanol–water partition coefficient (Wildman–Crippen LogP) is 4.57. The molecule has 2 aromatic heterocycles. The summed E-state index contributed by atoms with van der Waals surface area (Å²) in [5, 5.41) is 10.5. The Morgan fingerprint density at radius 3 is 1.87 bits per heavy atom. The number of carbonyl (C=O) groups excluding carboxylic acids is 3. The lowest BCUT2D eigenvalue weighted by Crippen LogP contribution is -2.41. The van der Waals surface area contributed by atoms with Crippen molar-refractivity contribution in [2.45, 2.75) is 24.5 Å². The van der Waals surface area contributed by atoms with E-state index in [1.54, 1.807) is 115 Å². The molecule has 6 rings (SSSR count). The number of rotatable bonds is 9. The highest BCUT2D eigenvalue weighted by Gasteiger charge is 2.52. The Labute approximate surface area is 269 Å². The highest BCUT2D eigenvalue weighted by Crippen LogP contribution is 2.39. The van der Waals surface area contributed by atoms with Crippen molar-refractivity contribution in [1.29, 1.82) is 5.26 Å². The van der Waals surface area contributed by atoms with E-state index in [9.17, 15) is 19.6 Å². The van der Waals surface area contributed by atoms with E-state index in [1.807, 2.05) is 0 Å². The number of carbonyl (C=O) groups is 3.